The van der Waals surface area contributed by atoms with Crippen molar-refractivity contribution in [1.82, 2.24) is 23.7 Å². The van der Waals surface area contributed by atoms with E-state index in [-0.39, 0.29) is 17.7 Å². The fourth-order valence-corrected chi connectivity index (χ4v) is 3.47. The highest BCUT2D eigenvalue weighted by atomic mass is 32.1. The highest BCUT2D eigenvalue weighted by Crippen LogP contribution is 2.25. The van der Waals surface area contributed by atoms with Crippen LogP contribution in [0.2, 0.25) is 0 Å². The van der Waals surface area contributed by atoms with Crippen LogP contribution in [0.1, 0.15) is 5.69 Å². The van der Waals surface area contributed by atoms with Crippen molar-refractivity contribution >= 4 is 28.4 Å². The van der Waals surface area contributed by atoms with Crippen LogP contribution in [-0.4, -0.2) is 28.6 Å². The summed E-state index contributed by atoms with van der Waals surface area (Å²) in [5.41, 5.74) is -1.02. The van der Waals surface area contributed by atoms with Crippen LogP contribution in [0.4, 0.5) is 5.95 Å². The first-order chi connectivity index (χ1) is 12.9. The van der Waals surface area contributed by atoms with Crippen molar-refractivity contribution in [3.8, 4) is 10.8 Å². The largest absolute Gasteiger partial charge is 0.443 e. The van der Waals surface area contributed by atoms with E-state index in [1.165, 1.54) is 36.3 Å². The molecule has 11 nitrogen and oxygen atoms in total. The van der Waals surface area contributed by atoms with Crippen molar-refractivity contribution in [3.63, 3.8) is 0 Å². The van der Waals surface area contributed by atoms with E-state index in [0.717, 1.165) is 14.0 Å². The van der Waals surface area contributed by atoms with Crippen LogP contribution in [0.3, 0.4) is 0 Å². The first-order valence-corrected chi connectivity index (χ1v) is 8.55. The molecule has 0 unspecified atom stereocenters. The Bertz CT molecular complexity index is 1290. The van der Waals surface area contributed by atoms with Crippen LogP contribution < -0.4 is 11.2 Å². The van der Waals surface area contributed by atoms with Crippen molar-refractivity contribution in [2.75, 3.05) is 0 Å². The Balaban J connectivity index is 1.91. The molecule has 0 fully saturated rings. The van der Waals surface area contributed by atoms with Gasteiger partial charge >= 0.3 is 17.2 Å². The molecule has 0 N–H and O–H groups in total. The number of thiophene rings is 1. The van der Waals surface area contributed by atoms with Gasteiger partial charge in [-0.3, -0.25) is 13.9 Å². The number of hydrogen-bond acceptors (Lipinski definition) is 8. The molecule has 4 aromatic rings. The SMILES string of the molecule is Cn1c(=O)c2nc([N+](=O)[O-])n(Cc3coc(-c4cccs4)n3)c2n(C)c1=O. The van der Waals surface area contributed by atoms with Gasteiger partial charge < -0.3 is 14.5 Å². The Morgan fingerprint density at radius 1 is 1.26 bits per heavy atom. The first kappa shape index (κ1) is 16.9. The number of fused-ring (bicyclic) bond motifs is 1. The van der Waals surface area contributed by atoms with Gasteiger partial charge in [0.25, 0.3) is 5.52 Å². The molecule has 0 atom stereocenters. The quantitative estimate of drug-likeness (QED) is 0.378. The summed E-state index contributed by atoms with van der Waals surface area (Å²) < 4.78 is 8.61. The average Bonchev–Trinajstić information content (AvgIpc) is 3.37. The number of imidazole rings is 1. The molecular formula is C15H12N6O5S. The zero-order valence-corrected chi connectivity index (χ0v) is 15.0. The molecule has 0 aliphatic carbocycles. The Labute approximate surface area is 153 Å². The lowest BCUT2D eigenvalue weighted by Gasteiger charge is -2.04. The van der Waals surface area contributed by atoms with Gasteiger partial charge in [-0.25, -0.2) is 14.3 Å². The van der Waals surface area contributed by atoms with E-state index in [1.54, 1.807) is 0 Å². The number of nitrogens with zero attached hydrogens (tertiary/aromatic N) is 6. The molecule has 0 spiro atoms. The molecule has 4 rings (SSSR count). The maximum absolute atomic E-state index is 12.3. The summed E-state index contributed by atoms with van der Waals surface area (Å²) in [6, 6.07) is 3.69. The van der Waals surface area contributed by atoms with E-state index in [0.29, 0.717) is 11.6 Å². The lowest BCUT2D eigenvalue weighted by Crippen LogP contribution is -2.37. The van der Waals surface area contributed by atoms with Gasteiger partial charge in [0, 0.05) is 14.1 Å². The van der Waals surface area contributed by atoms with Crippen LogP contribution in [0, 0.1) is 10.1 Å². The number of hydrogen-bond donors (Lipinski definition) is 0. The van der Waals surface area contributed by atoms with Gasteiger partial charge in [0.2, 0.25) is 11.5 Å². The Kier molecular flexibility index (Phi) is 3.77. The van der Waals surface area contributed by atoms with E-state index < -0.39 is 22.1 Å². The maximum Gasteiger partial charge on any atom is 0.437 e. The zero-order chi connectivity index (χ0) is 19.3. The van der Waals surface area contributed by atoms with Gasteiger partial charge in [0.1, 0.15) is 18.5 Å². The van der Waals surface area contributed by atoms with E-state index >= 15 is 0 Å². The summed E-state index contributed by atoms with van der Waals surface area (Å²) >= 11 is 1.44. The Morgan fingerprint density at radius 2 is 2.04 bits per heavy atom. The van der Waals surface area contributed by atoms with Crippen molar-refractivity contribution in [2.45, 2.75) is 6.54 Å². The van der Waals surface area contributed by atoms with Crippen molar-refractivity contribution in [3.05, 3.63) is 60.4 Å². The maximum atomic E-state index is 12.3. The van der Waals surface area contributed by atoms with Crippen LogP contribution in [0.5, 0.6) is 0 Å². The molecule has 12 heteroatoms. The third kappa shape index (κ3) is 2.57. The number of aromatic nitrogens is 5. The molecule has 0 saturated heterocycles. The number of oxazole rings is 1. The smallest absolute Gasteiger partial charge is 0.437 e. The van der Waals surface area contributed by atoms with E-state index in [1.807, 2.05) is 17.5 Å². The molecule has 0 aliphatic rings. The third-order valence-electron chi connectivity index (χ3n) is 4.09. The predicted molar refractivity (Wildman–Crippen MR) is 95.8 cm³/mol. The molecule has 0 radical (unpaired) electrons. The van der Waals surface area contributed by atoms with E-state index in [2.05, 4.69) is 9.97 Å². The molecule has 4 aromatic heterocycles. The van der Waals surface area contributed by atoms with Crippen molar-refractivity contribution in [2.24, 2.45) is 14.1 Å². The Morgan fingerprint density at radius 3 is 2.70 bits per heavy atom. The summed E-state index contributed by atoms with van der Waals surface area (Å²) in [6.45, 7) is -0.0812. The minimum atomic E-state index is -0.704. The number of rotatable bonds is 4. The predicted octanol–water partition coefficient (Wildman–Crippen LogP) is 1.11. The van der Waals surface area contributed by atoms with Crippen LogP contribution in [-0.2, 0) is 20.6 Å². The second kappa shape index (κ2) is 6.02. The normalized spacial score (nSPS) is 11.3. The molecule has 27 heavy (non-hydrogen) atoms. The van der Waals surface area contributed by atoms with Gasteiger partial charge in [-0.2, -0.15) is 0 Å². The topological polar surface area (TPSA) is 131 Å². The third-order valence-corrected chi connectivity index (χ3v) is 4.94. The standard InChI is InChI=1S/C15H12N6O5S/c1-18-12-10(13(22)19(2)15(18)23)17-14(21(24)25)20(12)6-8-7-26-11(16-8)9-4-3-5-27-9/h3-5,7H,6H2,1-2H3. The molecule has 0 aliphatic heterocycles. The van der Waals surface area contributed by atoms with Gasteiger partial charge in [-0.05, 0) is 16.4 Å². The van der Waals surface area contributed by atoms with E-state index in [9.17, 15) is 19.7 Å². The van der Waals surface area contributed by atoms with Gasteiger partial charge in [-0.15, -0.1) is 11.3 Å². The summed E-state index contributed by atoms with van der Waals surface area (Å²) in [7, 11) is 2.71. The fourth-order valence-electron chi connectivity index (χ4n) is 2.82. The summed E-state index contributed by atoms with van der Waals surface area (Å²) in [5, 5.41) is 13.3. The van der Waals surface area contributed by atoms with Crippen LogP contribution in [0.25, 0.3) is 21.9 Å². The van der Waals surface area contributed by atoms with Crippen LogP contribution in [0.15, 0.2) is 37.8 Å². The molecular weight excluding hydrogens is 376 g/mol. The van der Waals surface area contributed by atoms with Gasteiger partial charge in [0.05, 0.1) is 4.88 Å². The molecule has 4 heterocycles. The summed E-state index contributed by atoms with van der Waals surface area (Å²) in [5.74, 6) is -0.166. The minimum Gasteiger partial charge on any atom is -0.443 e. The van der Waals surface area contributed by atoms with E-state index in [4.69, 9.17) is 4.42 Å². The average molecular weight is 388 g/mol. The lowest BCUT2D eigenvalue weighted by molar-refractivity contribution is -0.396. The Hall–Kier alpha value is -3.54. The second-order valence-corrected chi connectivity index (χ2v) is 6.70. The zero-order valence-electron chi connectivity index (χ0n) is 14.1. The number of aryl methyl sites for hydroxylation is 1. The highest BCUT2D eigenvalue weighted by molar-refractivity contribution is 7.13. The van der Waals surface area contributed by atoms with Crippen molar-refractivity contribution in [1.29, 1.82) is 0 Å². The van der Waals surface area contributed by atoms with Crippen LogP contribution >= 0.6 is 11.3 Å². The molecule has 0 aromatic carbocycles. The minimum absolute atomic E-state index is 0.0514. The monoisotopic (exact) mass is 388 g/mol. The van der Waals surface area contributed by atoms with Gasteiger partial charge in [0.15, 0.2) is 0 Å². The molecule has 138 valence electrons. The van der Waals surface area contributed by atoms with Gasteiger partial charge in [-0.1, -0.05) is 11.1 Å². The highest BCUT2D eigenvalue weighted by Gasteiger charge is 2.28. The second-order valence-electron chi connectivity index (χ2n) is 5.75. The first-order valence-electron chi connectivity index (χ1n) is 7.67. The molecule has 0 bridgehead atoms. The van der Waals surface area contributed by atoms with Crippen molar-refractivity contribution < 1.29 is 9.34 Å². The summed E-state index contributed by atoms with van der Waals surface area (Å²) in [6.07, 6.45) is 1.38. The lowest BCUT2D eigenvalue weighted by atomic mass is 10.4. The fraction of sp³-hybridized carbons (Fsp3) is 0.200. The molecule has 0 amide bonds. The molecule has 0 saturated carbocycles. The number of nitro groups is 1. The summed E-state index contributed by atoms with van der Waals surface area (Å²) in [4.78, 5) is 44.3.